The van der Waals surface area contributed by atoms with Crippen LogP contribution in [-0.2, 0) is 4.79 Å². The van der Waals surface area contributed by atoms with Crippen molar-refractivity contribution >= 4 is 29.0 Å². The van der Waals surface area contributed by atoms with Crippen LogP contribution in [0.2, 0.25) is 0 Å². The molecule has 1 fully saturated rings. The Morgan fingerprint density at radius 3 is 3.14 bits per heavy atom. The molecule has 3 heterocycles. The van der Waals surface area contributed by atoms with Crippen LogP contribution in [0.3, 0.4) is 0 Å². The third-order valence-electron chi connectivity index (χ3n) is 3.41. The quantitative estimate of drug-likeness (QED) is 0.640. The van der Waals surface area contributed by atoms with E-state index < -0.39 is 0 Å². The zero-order valence-electron chi connectivity index (χ0n) is 11.7. The van der Waals surface area contributed by atoms with Gasteiger partial charge in [0.2, 0.25) is 5.91 Å². The number of thiazole rings is 1. The fourth-order valence-electron chi connectivity index (χ4n) is 2.43. The van der Waals surface area contributed by atoms with E-state index in [1.54, 1.807) is 23.7 Å². The minimum Gasteiger partial charge on any atom is -0.332 e. The summed E-state index contributed by atoms with van der Waals surface area (Å²) < 4.78 is 0. The molecule has 1 amide bonds. The normalized spacial score (nSPS) is 18.1. The number of thioether (sulfide) groups is 1. The highest BCUT2D eigenvalue weighted by Gasteiger charge is 2.31. The van der Waals surface area contributed by atoms with Gasteiger partial charge in [0.15, 0.2) is 5.16 Å². The molecule has 3 rings (SSSR count). The summed E-state index contributed by atoms with van der Waals surface area (Å²) in [5, 5.41) is 3.66. The Bertz CT molecular complexity index is 617. The van der Waals surface area contributed by atoms with Crippen LogP contribution in [-0.4, -0.2) is 38.1 Å². The maximum absolute atomic E-state index is 12.4. The van der Waals surface area contributed by atoms with Crippen LogP contribution in [0.25, 0.3) is 0 Å². The van der Waals surface area contributed by atoms with Gasteiger partial charge in [0.05, 0.1) is 11.8 Å². The van der Waals surface area contributed by atoms with Crippen LogP contribution >= 0.6 is 23.1 Å². The van der Waals surface area contributed by atoms with Gasteiger partial charge in [-0.2, -0.15) is 0 Å². The zero-order valence-corrected chi connectivity index (χ0v) is 13.4. The van der Waals surface area contributed by atoms with E-state index in [0.29, 0.717) is 10.9 Å². The average Bonchev–Trinajstić information content (AvgIpc) is 3.14. The standard InChI is InChI=1S/C14H16N4OS2/c1-10-4-5-16-14(17-10)21-9-12(19)18-7-2-3-11(18)13-15-6-8-20-13/h4-6,8,11H,2-3,7,9H2,1H3. The monoisotopic (exact) mass is 320 g/mol. The minimum atomic E-state index is 0.141. The van der Waals surface area contributed by atoms with Gasteiger partial charge in [-0.15, -0.1) is 11.3 Å². The lowest BCUT2D eigenvalue weighted by Crippen LogP contribution is -2.31. The molecule has 110 valence electrons. The first-order valence-corrected chi connectivity index (χ1v) is 8.72. The van der Waals surface area contributed by atoms with E-state index in [1.807, 2.05) is 23.3 Å². The van der Waals surface area contributed by atoms with E-state index in [4.69, 9.17) is 0 Å². The molecule has 0 radical (unpaired) electrons. The smallest absolute Gasteiger partial charge is 0.233 e. The van der Waals surface area contributed by atoms with Gasteiger partial charge in [-0.1, -0.05) is 11.8 Å². The molecular weight excluding hydrogens is 304 g/mol. The molecule has 21 heavy (non-hydrogen) atoms. The number of aromatic nitrogens is 3. The van der Waals surface area contributed by atoms with Gasteiger partial charge in [0, 0.05) is 30.0 Å². The molecule has 5 nitrogen and oxygen atoms in total. The minimum absolute atomic E-state index is 0.141. The topological polar surface area (TPSA) is 59.0 Å². The SMILES string of the molecule is Cc1ccnc(SCC(=O)N2CCCC2c2nccs2)n1. The Morgan fingerprint density at radius 1 is 1.48 bits per heavy atom. The van der Waals surface area contributed by atoms with Crippen molar-refractivity contribution in [1.82, 2.24) is 19.9 Å². The number of carbonyl (C=O) groups is 1. The van der Waals surface area contributed by atoms with Crippen LogP contribution in [0.5, 0.6) is 0 Å². The number of likely N-dealkylation sites (tertiary alicyclic amines) is 1. The second-order valence-corrected chi connectivity index (χ2v) is 6.75. The number of nitrogens with zero attached hydrogens (tertiary/aromatic N) is 4. The van der Waals surface area contributed by atoms with Gasteiger partial charge in [-0.25, -0.2) is 15.0 Å². The van der Waals surface area contributed by atoms with Gasteiger partial charge in [-0.3, -0.25) is 4.79 Å². The van der Waals surface area contributed by atoms with Crippen molar-refractivity contribution in [2.24, 2.45) is 0 Å². The van der Waals surface area contributed by atoms with Crippen molar-refractivity contribution in [3.8, 4) is 0 Å². The summed E-state index contributed by atoms with van der Waals surface area (Å²) in [6, 6.07) is 2.00. The largest absolute Gasteiger partial charge is 0.332 e. The maximum Gasteiger partial charge on any atom is 0.233 e. The number of hydrogen-bond acceptors (Lipinski definition) is 6. The molecule has 1 unspecified atom stereocenters. The third-order valence-corrected chi connectivity index (χ3v) is 5.13. The highest BCUT2D eigenvalue weighted by molar-refractivity contribution is 7.99. The first-order chi connectivity index (χ1) is 10.2. The molecule has 1 saturated heterocycles. The van der Waals surface area contributed by atoms with Crippen molar-refractivity contribution in [2.75, 3.05) is 12.3 Å². The lowest BCUT2D eigenvalue weighted by atomic mass is 10.2. The lowest BCUT2D eigenvalue weighted by Gasteiger charge is -2.22. The van der Waals surface area contributed by atoms with Gasteiger partial charge in [0.1, 0.15) is 5.01 Å². The number of rotatable bonds is 4. The van der Waals surface area contributed by atoms with Crippen LogP contribution in [0, 0.1) is 6.92 Å². The van der Waals surface area contributed by atoms with Crippen LogP contribution in [0.15, 0.2) is 29.0 Å². The Morgan fingerprint density at radius 2 is 2.38 bits per heavy atom. The van der Waals surface area contributed by atoms with Crippen LogP contribution < -0.4 is 0 Å². The number of hydrogen-bond donors (Lipinski definition) is 0. The molecule has 0 aromatic carbocycles. The molecule has 0 spiro atoms. The van der Waals surface area contributed by atoms with Crippen LogP contribution in [0.4, 0.5) is 0 Å². The lowest BCUT2D eigenvalue weighted by molar-refractivity contribution is -0.129. The molecule has 1 aliphatic heterocycles. The number of aryl methyl sites for hydroxylation is 1. The predicted molar refractivity (Wildman–Crippen MR) is 83.3 cm³/mol. The molecule has 0 saturated carbocycles. The molecule has 7 heteroatoms. The van der Waals surface area contributed by atoms with E-state index in [9.17, 15) is 4.79 Å². The van der Waals surface area contributed by atoms with E-state index in [2.05, 4.69) is 15.0 Å². The molecule has 0 aliphatic carbocycles. The van der Waals surface area contributed by atoms with E-state index in [0.717, 1.165) is 30.1 Å². The molecule has 1 atom stereocenters. The highest BCUT2D eigenvalue weighted by atomic mass is 32.2. The fraction of sp³-hybridized carbons (Fsp3) is 0.429. The average molecular weight is 320 g/mol. The van der Waals surface area contributed by atoms with E-state index in [-0.39, 0.29) is 11.9 Å². The van der Waals surface area contributed by atoms with Crippen molar-refractivity contribution in [2.45, 2.75) is 31.0 Å². The van der Waals surface area contributed by atoms with Crippen molar-refractivity contribution in [1.29, 1.82) is 0 Å². The van der Waals surface area contributed by atoms with Gasteiger partial charge in [0.25, 0.3) is 0 Å². The van der Waals surface area contributed by atoms with Gasteiger partial charge >= 0.3 is 0 Å². The Balaban J connectivity index is 1.62. The van der Waals surface area contributed by atoms with Crippen molar-refractivity contribution in [3.05, 3.63) is 34.5 Å². The second kappa shape index (κ2) is 6.53. The first kappa shape index (κ1) is 14.5. The van der Waals surface area contributed by atoms with Gasteiger partial charge in [-0.05, 0) is 25.8 Å². The van der Waals surface area contributed by atoms with E-state index in [1.165, 1.54) is 11.8 Å². The van der Waals surface area contributed by atoms with Crippen molar-refractivity contribution in [3.63, 3.8) is 0 Å². The molecule has 0 bridgehead atoms. The fourth-order valence-corrected chi connectivity index (χ4v) is 3.97. The Kier molecular flexibility index (Phi) is 4.50. The predicted octanol–water partition coefficient (Wildman–Crippen LogP) is 2.70. The Hall–Kier alpha value is -1.47. The summed E-state index contributed by atoms with van der Waals surface area (Å²) >= 11 is 3.02. The number of amides is 1. The molecule has 1 aliphatic rings. The molecule has 2 aromatic rings. The highest BCUT2D eigenvalue weighted by Crippen LogP contribution is 2.33. The first-order valence-electron chi connectivity index (χ1n) is 6.85. The van der Waals surface area contributed by atoms with E-state index >= 15 is 0 Å². The molecule has 0 N–H and O–H groups in total. The van der Waals surface area contributed by atoms with Crippen LogP contribution in [0.1, 0.15) is 29.6 Å². The summed E-state index contributed by atoms with van der Waals surface area (Å²) in [5.74, 6) is 0.522. The second-order valence-electron chi connectivity index (χ2n) is 4.88. The van der Waals surface area contributed by atoms with Crippen molar-refractivity contribution < 1.29 is 4.79 Å². The summed E-state index contributed by atoms with van der Waals surface area (Å²) in [6.07, 6.45) is 5.58. The zero-order chi connectivity index (χ0) is 14.7. The molecular formula is C14H16N4OS2. The summed E-state index contributed by atoms with van der Waals surface area (Å²) in [4.78, 5) is 27.2. The third kappa shape index (κ3) is 3.41. The summed E-state index contributed by atoms with van der Waals surface area (Å²) in [5.41, 5.74) is 0.918. The maximum atomic E-state index is 12.4. The Labute approximate surface area is 131 Å². The number of carbonyl (C=O) groups excluding carboxylic acids is 1. The summed E-state index contributed by atoms with van der Waals surface area (Å²) in [7, 11) is 0. The van der Waals surface area contributed by atoms with Gasteiger partial charge < -0.3 is 4.90 Å². The summed E-state index contributed by atoms with van der Waals surface area (Å²) in [6.45, 7) is 2.74. The molecule has 2 aromatic heterocycles.